The Morgan fingerprint density at radius 3 is 2.32 bits per heavy atom. The summed E-state index contributed by atoms with van der Waals surface area (Å²) in [6, 6.07) is 7.20. The maximum atomic E-state index is 14.5. The van der Waals surface area contributed by atoms with Crippen LogP contribution < -0.4 is 19.8 Å². The van der Waals surface area contributed by atoms with Crippen LogP contribution in [0.4, 0.5) is 4.39 Å². The number of hydrogen-bond acceptors (Lipinski definition) is 6. The zero-order valence-corrected chi connectivity index (χ0v) is 16.2. The molecule has 1 heterocycles. The Labute approximate surface area is 160 Å². The van der Waals surface area contributed by atoms with Gasteiger partial charge in [-0.25, -0.2) is 22.6 Å². The number of nitrogens with one attached hydrogen (secondary N) is 2. The van der Waals surface area contributed by atoms with Crippen molar-refractivity contribution in [1.29, 1.82) is 0 Å². The number of sulfonamides is 1. The van der Waals surface area contributed by atoms with E-state index in [2.05, 4.69) is 14.9 Å². The van der Waals surface area contributed by atoms with Crippen molar-refractivity contribution in [1.82, 2.24) is 14.9 Å². The number of aromatic nitrogens is 2. The maximum Gasteiger partial charge on any atom is 0.272 e. The van der Waals surface area contributed by atoms with E-state index in [0.29, 0.717) is 33.5 Å². The third-order valence-corrected chi connectivity index (χ3v) is 5.59. The van der Waals surface area contributed by atoms with Gasteiger partial charge in [0.15, 0.2) is 11.5 Å². The van der Waals surface area contributed by atoms with Crippen LogP contribution >= 0.6 is 0 Å². The minimum Gasteiger partial charge on any atom is -0.493 e. The molecule has 0 aliphatic rings. The van der Waals surface area contributed by atoms with E-state index in [9.17, 15) is 17.6 Å². The highest BCUT2D eigenvalue weighted by atomic mass is 32.2. The van der Waals surface area contributed by atoms with E-state index in [-0.39, 0.29) is 5.56 Å². The zero-order valence-electron chi connectivity index (χ0n) is 15.4. The van der Waals surface area contributed by atoms with Crippen LogP contribution in [0.1, 0.15) is 5.56 Å². The summed E-state index contributed by atoms with van der Waals surface area (Å²) in [5.41, 5.74) is 0.275. The molecule has 0 bridgehead atoms. The Bertz CT molecular complexity index is 1210. The van der Waals surface area contributed by atoms with Gasteiger partial charge in [-0.3, -0.25) is 4.79 Å². The normalized spacial score (nSPS) is 11.6. The van der Waals surface area contributed by atoms with Crippen LogP contribution in [0.5, 0.6) is 11.5 Å². The Balaban J connectivity index is 2.17. The standard InChI is InChI=1S/C18H18FN3O5S/c1-20-28(24,25)9-11-5-4-10(6-14(11)19)17-12-7-15(26-2)16(27-3)8-13(12)18(23)22-21-17/h4-8,20H,9H2,1-3H3,(H,22,23). The topological polar surface area (TPSA) is 110 Å². The van der Waals surface area contributed by atoms with E-state index in [1.807, 2.05) is 0 Å². The number of aromatic amines is 1. The van der Waals surface area contributed by atoms with Gasteiger partial charge in [-0.2, -0.15) is 5.10 Å². The Kier molecular flexibility index (Phi) is 5.34. The molecule has 10 heteroatoms. The average Bonchev–Trinajstić information content (AvgIpc) is 2.69. The number of H-pyrrole nitrogens is 1. The van der Waals surface area contributed by atoms with E-state index < -0.39 is 27.2 Å². The van der Waals surface area contributed by atoms with Crippen molar-refractivity contribution in [2.24, 2.45) is 0 Å². The van der Waals surface area contributed by atoms with Crippen LogP contribution in [-0.2, 0) is 15.8 Å². The number of fused-ring (bicyclic) bond motifs is 1. The molecule has 0 atom stereocenters. The lowest BCUT2D eigenvalue weighted by molar-refractivity contribution is 0.356. The fraction of sp³-hybridized carbons (Fsp3) is 0.222. The number of halogens is 1. The molecule has 0 saturated heterocycles. The van der Waals surface area contributed by atoms with E-state index in [1.165, 1.54) is 39.5 Å². The first-order valence-electron chi connectivity index (χ1n) is 8.14. The van der Waals surface area contributed by atoms with E-state index in [1.54, 1.807) is 12.1 Å². The van der Waals surface area contributed by atoms with Crippen LogP contribution in [0.25, 0.3) is 22.0 Å². The lowest BCUT2D eigenvalue weighted by Gasteiger charge is -2.12. The lowest BCUT2D eigenvalue weighted by atomic mass is 10.0. The van der Waals surface area contributed by atoms with Gasteiger partial charge >= 0.3 is 0 Å². The third-order valence-electron chi connectivity index (χ3n) is 4.28. The Hall–Kier alpha value is -2.98. The molecule has 8 nitrogen and oxygen atoms in total. The highest BCUT2D eigenvalue weighted by molar-refractivity contribution is 7.88. The highest BCUT2D eigenvalue weighted by Crippen LogP contribution is 2.34. The number of methoxy groups -OCH3 is 2. The van der Waals surface area contributed by atoms with Gasteiger partial charge in [0.05, 0.1) is 31.1 Å². The van der Waals surface area contributed by atoms with Crippen molar-refractivity contribution in [3.8, 4) is 22.8 Å². The molecule has 0 amide bonds. The third kappa shape index (κ3) is 3.69. The van der Waals surface area contributed by atoms with Crippen molar-refractivity contribution in [2.45, 2.75) is 5.75 Å². The summed E-state index contributed by atoms with van der Waals surface area (Å²) in [4.78, 5) is 12.2. The fourth-order valence-electron chi connectivity index (χ4n) is 2.80. The SMILES string of the molecule is CNS(=O)(=O)Cc1ccc(-c2n[nH]c(=O)c3cc(OC)c(OC)cc23)cc1F. The van der Waals surface area contributed by atoms with Crippen LogP contribution in [0.2, 0.25) is 0 Å². The molecule has 28 heavy (non-hydrogen) atoms. The van der Waals surface area contributed by atoms with Gasteiger partial charge in [0, 0.05) is 16.5 Å². The summed E-state index contributed by atoms with van der Waals surface area (Å²) in [5, 5.41) is 7.16. The van der Waals surface area contributed by atoms with Crippen LogP contribution in [0.3, 0.4) is 0 Å². The quantitative estimate of drug-likeness (QED) is 0.645. The van der Waals surface area contributed by atoms with Gasteiger partial charge in [0.2, 0.25) is 10.0 Å². The predicted molar refractivity (Wildman–Crippen MR) is 103 cm³/mol. The van der Waals surface area contributed by atoms with E-state index in [0.717, 1.165) is 0 Å². The molecule has 3 aromatic rings. The molecule has 148 valence electrons. The van der Waals surface area contributed by atoms with Crippen LogP contribution in [0, 0.1) is 5.82 Å². The van der Waals surface area contributed by atoms with Crippen LogP contribution in [0.15, 0.2) is 35.1 Å². The van der Waals surface area contributed by atoms with E-state index >= 15 is 0 Å². The predicted octanol–water partition coefficient (Wildman–Crippen LogP) is 1.80. The summed E-state index contributed by atoms with van der Waals surface area (Å²) in [7, 11) is 0.561. The van der Waals surface area contributed by atoms with Gasteiger partial charge in [0.25, 0.3) is 5.56 Å². The van der Waals surface area contributed by atoms with Crippen molar-refractivity contribution in [3.63, 3.8) is 0 Å². The second-order valence-corrected chi connectivity index (χ2v) is 7.85. The van der Waals surface area contributed by atoms with Crippen molar-refractivity contribution < 1.29 is 22.3 Å². The average molecular weight is 407 g/mol. The second-order valence-electron chi connectivity index (χ2n) is 5.92. The molecule has 2 N–H and O–H groups in total. The van der Waals surface area contributed by atoms with Crippen molar-refractivity contribution >= 4 is 20.8 Å². The molecule has 0 aliphatic heterocycles. The van der Waals surface area contributed by atoms with Gasteiger partial charge < -0.3 is 9.47 Å². The fourth-order valence-corrected chi connectivity index (χ4v) is 3.59. The zero-order chi connectivity index (χ0) is 20.5. The first kappa shape index (κ1) is 19.8. The monoisotopic (exact) mass is 407 g/mol. The number of hydrogen-bond donors (Lipinski definition) is 2. The molecular formula is C18H18FN3O5S. The molecule has 2 aromatic carbocycles. The van der Waals surface area contributed by atoms with Gasteiger partial charge in [0.1, 0.15) is 5.82 Å². The lowest BCUT2D eigenvalue weighted by Crippen LogP contribution is -2.20. The molecule has 0 fully saturated rings. The number of rotatable bonds is 6. The number of benzene rings is 2. The molecule has 0 unspecified atom stereocenters. The summed E-state index contributed by atoms with van der Waals surface area (Å²) < 4.78 is 50.5. The molecule has 0 radical (unpaired) electrons. The summed E-state index contributed by atoms with van der Waals surface area (Å²) >= 11 is 0. The molecular weight excluding hydrogens is 389 g/mol. The Morgan fingerprint density at radius 2 is 1.75 bits per heavy atom. The van der Waals surface area contributed by atoms with Crippen molar-refractivity contribution in [3.05, 3.63) is 52.1 Å². The highest BCUT2D eigenvalue weighted by Gasteiger charge is 2.17. The largest absolute Gasteiger partial charge is 0.493 e. The first-order valence-corrected chi connectivity index (χ1v) is 9.79. The summed E-state index contributed by atoms with van der Waals surface area (Å²) in [5.74, 6) is -0.421. The maximum absolute atomic E-state index is 14.5. The second kappa shape index (κ2) is 7.56. The number of ether oxygens (including phenoxy) is 2. The van der Waals surface area contributed by atoms with Gasteiger partial charge in [-0.15, -0.1) is 0 Å². The molecule has 3 rings (SSSR count). The molecule has 0 aliphatic carbocycles. The summed E-state index contributed by atoms with van der Waals surface area (Å²) in [6.45, 7) is 0. The number of nitrogens with zero attached hydrogens (tertiary/aromatic N) is 1. The summed E-state index contributed by atoms with van der Waals surface area (Å²) in [6.07, 6.45) is 0. The van der Waals surface area contributed by atoms with Gasteiger partial charge in [-0.1, -0.05) is 12.1 Å². The molecule has 1 aromatic heterocycles. The van der Waals surface area contributed by atoms with Crippen molar-refractivity contribution in [2.75, 3.05) is 21.3 Å². The van der Waals surface area contributed by atoms with E-state index in [4.69, 9.17) is 9.47 Å². The van der Waals surface area contributed by atoms with Crippen LogP contribution in [-0.4, -0.2) is 39.9 Å². The molecule has 0 saturated carbocycles. The minimum atomic E-state index is -3.61. The van der Waals surface area contributed by atoms with Gasteiger partial charge in [-0.05, 0) is 25.2 Å². The minimum absolute atomic E-state index is 0.0195. The smallest absolute Gasteiger partial charge is 0.272 e. The molecule has 0 spiro atoms. The first-order chi connectivity index (χ1) is 13.3. The Morgan fingerprint density at radius 1 is 1.11 bits per heavy atom.